The topological polar surface area (TPSA) is 66.2 Å². The summed E-state index contributed by atoms with van der Waals surface area (Å²) in [5, 5.41) is 20.0. The Bertz CT molecular complexity index is 755. The third-order valence-electron chi connectivity index (χ3n) is 2.36. The van der Waals surface area contributed by atoms with Crippen LogP contribution in [0.15, 0.2) is 12.1 Å². The Morgan fingerprint density at radius 2 is 1.56 bits per heavy atom. The fraction of sp³-hybridized carbons (Fsp3) is 0. The van der Waals surface area contributed by atoms with Crippen LogP contribution in [-0.4, -0.2) is 20.2 Å². The van der Waals surface area contributed by atoms with Crippen LogP contribution in [0.1, 0.15) is 0 Å². The molecule has 1 aliphatic rings. The van der Waals surface area contributed by atoms with E-state index in [2.05, 4.69) is 9.97 Å². The highest BCUT2D eigenvalue weighted by Gasteiger charge is 2.19. The lowest BCUT2D eigenvalue weighted by atomic mass is 10.2. The summed E-state index contributed by atoms with van der Waals surface area (Å²) in [5.41, 5.74) is 0.930. The second-order valence-corrected chi connectivity index (χ2v) is 4.22. The molecule has 0 unspecified atom stereocenters. The smallest absolute Gasteiger partial charge is 0.188 e. The van der Waals surface area contributed by atoms with Crippen LogP contribution in [0, 0.1) is 0 Å². The van der Waals surface area contributed by atoms with E-state index in [4.69, 9.17) is 23.2 Å². The van der Waals surface area contributed by atoms with Crippen molar-refractivity contribution >= 4 is 45.8 Å². The minimum atomic E-state index is -0.254. The molecule has 1 aliphatic carbocycles. The molecule has 3 rings (SSSR count). The molecular formula is C10H4Cl2N2O2. The summed E-state index contributed by atoms with van der Waals surface area (Å²) in [6.45, 7) is 0. The molecule has 6 heteroatoms. The summed E-state index contributed by atoms with van der Waals surface area (Å²) in [4.78, 5) is 8.23. The van der Waals surface area contributed by atoms with E-state index in [1.54, 1.807) is 12.1 Å². The molecular weight excluding hydrogens is 251 g/mol. The lowest BCUT2D eigenvalue weighted by Gasteiger charge is -2.09. The van der Waals surface area contributed by atoms with Gasteiger partial charge in [-0.3, -0.25) is 0 Å². The normalized spacial score (nSPS) is 13.9. The Balaban J connectivity index is 2.54. The zero-order valence-corrected chi connectivity index (χ0v) is 9.21. The first-order chi connectivity index (χ1) is 7.58. The summed E-state index contributed by atoms with van der Waals surface area (Å²) in [5.74, 6) is -0.504. The van der Waals surface area contributed by atoms with E-state index in [-0.39, 0.29) is 22.2 Å². The van der Waals surface area contributed by atoms with Crippen LogP contribution in [0.3, 0.4) is 0 Å². The third kappa shape index (κ3) is 1.11. The zero-order chi connectivity index (χ0) is 11.4. The quantitative estimate of drug-likeness (QED) is 0.744. The molecule has 0 bridgehead atoms. The first-order valence-corrected chi connectivity index (χ1v) is 5.13. The third-order valence-corrected chi connectivity index (χ3v) is 2.87. The maximum atomic E-state index is 9.33. The maximum absolute atomic E-state index is 9.33. The standard InChI is InChI=1S/C10H4Cl2N2O2/c11-3-1-4(12)6-5(2-3)13-7-8(14-6)10(16)9(7)15/h1-2,15-16H. The molecule has 0 spiro atoms. The van der Waals surface area contributed by atoms with Crippen molar-refractivity contribution < 1.29 is 10.2 Å². The predicted octanol–water partition coefficient (Wildman–Crippen LogP) is 1.28. The molecule has 0 saturated heterocycles. The molecule has 2 aromatic rings. The van der Waals surface area contributed by atoms with Crippen LogP contribution in [0.25, 0.3) is 22.6 Å². The number of aromatic nitrogens is 2. The number of rotatable bonds is 0. The Kier molecular flexibility index (Phi) is 1.81. The Morgan fingerprint density at radius 1 is 0.938 bits per heavy atom. The van der Waals surface area contributed by atoms with Gasteiger partial charge in [-0.15, -0.1) is 0 Å². The molecule has 1 heterocycles. The highest BCUT2D eigenvalue weighted by atomic mass is 35.5. The Labute approximate surface area is 99.1 Å². The molecule has 4 nitrogen and oxygen atoms in total. The predicted molar refractivity (Wildman–Crippen MR) is 60.9 cm³/mol. The number of fused-ring (bicyclic) bond motifs is 2. The SMILES string of the molecule is OC1=c2nc3cc(Cl)cc(Cl)c3nc2=C1O. The van der Waals surface area contributed by atoms with Gasteiger partial charge in [-0.05, 0) is 12.1 Å². The number of nitrogens with zero attached hydrogens (tertiary/aromatic N) is 2. The van der Waals surface area contributed by atoms with E-state index >= 15 is 0 Å². The van der Waals surface area contributed by atoms with Crippen LogP contribution in [-0.2, 0) is 0 Å². The van der Waals surface area contributed by atoms with Gasteiger partial charge in [0, 0.05) is 5.02 Å². The Hall–Kier alpha value is -1.52. The van der Waals surface area contributed by atoms with Gasteiger partial charge in [0.05, 0.1) is 10.5 Å². The van der Waals surface area contributed by atoms with Gasteiger partial charge in [0.15, 0.2) is 11.5 Å². The monoisotopic (exact) mass is 254 g/mol. The van der Waals surface area contributed by atoms with Gasteiger partial charge < -0.3 is 10.2 Å². The van der Waals surface area contributed by atoms with Crippen molar-refractivity contribution in [1.82, 2.24) is 9.97 Å². The maximum Gasteiger partial charge on any atom is 0.188 e. The first-order valence-electron chi connectivity index (χ1n) is 4.37. The van der Waals surface area contributed by atoms with Crippen LogP contribution in [0.5, 0.6) is 0 Å². The van der Waals surface area contributed by atoms with Gasteiger partial charge in [-0.1, -0.05) is 23.2 Å². The minimum absolute atomic E-state index is 0.250. The van der Waals surface area contributed by atoms with E-state index in [1.807, 2.05) is 0 Å². The average molecular weight is 255 g/mol. The van der Waals surface area contributed by atoms with Crippen molar-refractivity contribution in [3.05, 3.63) is 32.9 Å². The minimum Gasteiger partial charge on any atom is -0.503 e. The molecule has 0 amide bonds. The molecule has 0 aliphatic heterocycles. The van der Waals surface area contributed by atoms with Crippen molar-refractivity contribution in [3.63, 3.8) is 0 Å². The molecule has 0 radical (unpaired) electrons. The number of benzene rings is 1. The van der Waals surface area contributed by atoms with E-state index in [0.29, 0.717) is 21.1 Å². The molecule has 1 aromatic heterocycles. The van der Waals surface area contributed by atoms with Crippen molar-refractivity contribution in [3.8, 4) is 0 Å². The molecule has 0 atom stereocenters. The number of aliphatic hydroxyl groups excluding tert-OH is 2. The van der Waals surface area contributed by atoms with Crippen LogP contribution >= 0.6 is 23.2 Å². The zero-order valence-electron chi connectivity index (χ0n) is 7.70. The summed E-state index contributed by atoms with van der Waals surface area (Å²) < 4.78 is 0. The average Bonchev–Trinajstić information content (AvgIpc) is 2.26. The summed E-state index contributed by atoms with van der Waals surface area (Å²) in [6.07, 6.45) is 0. The van der Waals surface area contributed by atoms with Crippen molar-refractivity contribution in [2.45, 2.75) is 0 Å². The molecule has 1 aromatic carbocycles. The largest absolute Gasteiger partial charge is 0.503 e. The molecule has 2 N–H and O–H groups in total. The van der Waals surface area contributed by atoms with Crippen LogP contribution in [0.4, 0.5) is 0 Å². The molecule has 16 heavy (non-hydrogen) atoms. The van der Waals surface area contributed by atoms with Crippen LogP contribution < -0.4 is 10.7 Å². The van der Waals surface area contributed by atoms with Gasteiger partial charge in [0.1, 0.15) is 16.2 Å². The van der Waals surface area contributed by atoms with Gasteiger partial charge in [-0.25, -0.2) is 9.97 Å². The fourth-order valence-corrected chi connectivity index (χ4v) is 2.10. The Morgan fingerprint density at radius 3 is 2.25 bits per heavy atom. The van der Waals surface area contributed by atoms with Crippen molar-refractivity contribution in [2.75, 3.05) is 0 Å². The van der Waals surface area contributed by atoms with Gasteiger partial charge in [0.25, 0.3) is 0 Å². The second kappa shape index (κ2) is 2.99. The highest BCUT2D eigenvalue weighted by molar-refractivity contribution is 6.38. The molecule has 0 saturated carbocycles. The number of hydrogen-bond acceptors (Lipinski definition) is 4. The number of aliphatic hydroxyl groups is 2. The van der Waals surface area contributed by atoms with Crippen molar-refractivity contribution in [2.24, 2.45) is 0 Å². The van der Waals surface area contributed by atoms with Gasteiger partial charge in [-0.2, -0.15) is 0 Å². The van der Waals surface area contributed by atoms with Crippen LogP contribution in [0.2, 0.25) is 10.0 Å². The lowest BCUT2D eigenvalue weighted by molar-refractivity contribution is 0.429. The summed E-state index contributed by atoms with van der Waals surface area (Å²) in [6, 6.07) is 3.14. The second-order valence-electron chi connectivity index (χ2n) is 3.37. The van der Waals surface area contributed by atoms with Gasteiger partial charge in [0.2, 0.25) is 0 Å². The van der Waals surface area contributed by atoms with E-state index in [1.165, 1.54) is 0 Å². The fourth-order valence-electron chi connectivity index (χ4n) is 1.58. The number of hydrogen-bond donors (Lipinski definition) is 2. The van der Waals surface area contributed by atoms with E-state index < -0.39 is 0 Å². The number of halogens is 2. The highest BCUT2D eigenvalue weighted by Crippen LogP contribution is 2.24. The molecule has 80 valence electrons. The molecule has 0 fully saturated rings. The van der Waals surface area contributed by atoms with E-state index in [0.717, 1.165) is 0 Å². The first kappa shape index (κ1) is 9.69. The summed E-state index contributed by atoms with van der Waals surface area (Å²) in [7, 11) is 0. The summed E-state index contributed by atoms with van der Waals surface area (Å²) >= 11 is 11.8. The lowest BCUT2D eigenvalue weighted by Crippen LogP contribution is -2.43. The van der Waals surface area contributed by atoms with Gasteiger partial charge >= 0.3 is 0 Å². The van der Waals surface area contributed by atoms with Crippen molar-refractivity contribution in [1.29, 1.82) is 0 Å². The van der Waals surface area contributed by atoms with E-state index in [9.17, 15) is 10.2 Å².